The fourth-order valence-electron chi connectivity index (χ4n) is 2.38. The summed E-state index contributed by atoms with van der Waals surface area (Å²) >= 11 is 5.85. The molecule has 0 spiro atoms. The lowest BCUT2D eigenvalue weighted by atomic mass is 9.95. The zero-order valence-corrected chi connectivity index (χ0v) is 13.2. The fourth-order valence-corrected chi connectivity index (χ4v) is 2.55. The first-order valence-electron chi connectivity index (χ1n) is 7.06. The number of nitrogens with one attached hydrogen (secondary N) is 3. The minimum atomic E-state index is -0.472. The number of carbonyl (C=O) groups excluding carboxylic acids is 1. The molecule has 3 heterocycles. The van der Waals surface area contributed by atoms with Gasteiger partial charge >= 0.3 is 0 Å². The molecule has 2 aromatic heterocycles. The highest BCUT2D eigenvalue weighted by atomic mass is 35.5. The highest BCUT2D eigenvalue weighted by molar-refractivity contribution is 6.30. The zero-order valence-electron chi connectivity index (χ0n) is 12.4. The van der Waals surface area contributed by atoms with Gasteiger partial charge in [0.25, 0.3) is 0 Å². The number of anilines is 1. The smallest absolute Gasteiger partial charge is 0.249 e. The van der Waals surface area contributed by atoms with Crippen molar-refractivity contribution in [2.75, 3.05) is 25.6 Å². The molecular formula is C14H16ClN5O3. The van der Waals surface area contributed by atoms with E-state index in [9.17, 15) is 4.79 Å². The summed E-state index contributed by atoms with van der Waals surface area (Å²) in [6, 6.07) is 1.69. The number of furan rings is 1. The van der Waals surface area contributed by atoms with E-state index < -0.39 is 5.92 Å². The van der Waals surface area contributed by atoms with E-state index in [0.29, 0.717) is 41.8 Å². The van der Waals surface area contributed by atoms with Crippen molar-refractivity contribution in [3.8, 4) is 0 Å². The van der Waals surface area contributed by atoms with Gasteiger partial charge in [-0.05, 0) is 6.07 Å². The van der Waals surface area contributed by atoms with Crippen LogP contribution in [0.3, 0.4) is 0 Å². The summed E-state index contributed by atoms with van der Waals surface area (Å²) in [5.74, 6) is -0.0382. The fraction of sp³-hybridized carbons (Fsp3) is 0.357. The van der Waals surface area contributed by atoms with Crippen molar-refractivity contribution in [3.63, 3.8) is 0 Å². The van der Waals surface area contributed by atoms with Crippen LogP contribution in [-0.4, -0.2) is 42.1 Å². The van der Waals surface area contributed by atoms with Crippen LogP contribution in [-0.2, 0) is 16.0 Å². The minimum absolute atomic E-state index is 0.190. The number of hydrogen-bond acceptors (Lipinski definition) is 6. The lowest BCUT2D eigenvalue weighted by Gasteiger charge is -2.10. The second-order valence-electron chi connectivity index (χ2n) is 5.04. The van der Waals surface area contributed by atoms with Gasteiger partial charge in [-0.15, -0.1) is 0 Å². The maximum atomic E-state index is 12.1. The zero-order chi connectivity index (χ0) is 16.2. The van der Waals surface area contributed by atoms with E-state index in [4.69, 9.17) is 20.8 Å². The van der Waals surface area contributed by atoms with Gasteiger partial charge in [-0.25, -0.2) is 5.43 Å². The van der Waals surface area contributed by atoms with E-state index in [0.717, 1.165) is 5.69 Å². The summed E-state index contributed by atoms with van der Waals surface area (Å²) in [4.78, 5) is 12.1. The normalized spacial score (nSPS) is 17.2. The molecule has 0 bridgehead atoms. The van der Waals surface area contributed by atoms with Gasteiger partial charge in [-0.2, -0.15) is 10.2 Å². The molecule has 0 aromatic carbocycles. The van der Waals surface area contributed by atoms with Crippen molar-refractivity contribution >= 4 is 28.9 Å². The Hall–Kier alpha value is -2.32. The molecule has 9 heteroatoms. The standard InChI is InChI=1S/C14H16ClN5O3/c1-22-3-2-16-11-6-17-18-13(11)12-10(14(21)20-19-12)5-9-4-8(15)7-23-9/h4,6-7,10,16H,2-3,5H2,1H3,(H,17,18)(H,20,21). The molecule has 0 aliphatic carbocycles. The van der Waals surface area contributed by atoms with Crippen LogP contribution in [0.15, 0.2) is 28.0 Å². The molecule has 2 aromatic rings. The first-order valence-corrected chi connectivity index (χ1v) is 7.43. The monoisotopic (exact) mass is 337 g/mol. The molecule has 3 rings (SSSR count). The number of hydrogen-bond donors (Lipinski definition) is 3. The lowest BCUT2D eigenvalue weighted by Crippen LogP contribution is -2.26. The third-order valence-electron chi connectivity index (χ3n) is 3.48. The summed E-state index contributed by atoms with van der Waals surface area (Å²) < 4.78 is 10.3. The van der Waals surface area contributed by atoms with Crippen LogP contribution in [0.2, 0.25) is 5.02 Å². The van der Waals surface area contributed by atoms with Gasteiger partial charge in [0.2, 0.25) is 5.91 Å². The second kappa shape index (κ2) is 6.84. The van der Waals surface area contributed by atoms with Gasteiger partial charge < -0.3 is 14.5 Å². The molecule has 8 nitrogen and oxygen atoms in total. The SMILES string of the molecule is COCCNc1cn[nH]c1C1=NNC(=O)C1Cc1cc(Cl)co1. The number of rotatable bonds is 7. The van der Waals surface area contributed by atoms with E-state index in [-0.39, 0.29) is 5.91 Å². The Morgan fingerprint density at radius 2 is 2.39 bits per heavy atom. The molecule has 122 valence electrons. The molecular weight excluding hydrogens is 322 g/mol. The number of hydrazone groups is 1. The number of nitrogens with zero attached hydrogens (tertiary/aromatic N) is 2. The van der Waals surface area contributed by atoms with Crippen LogP contribution in [0.25, 0.3) is 0 Å². The molecule has 0 fully saturated rings. The van der Waals surface area contributed by atoms with Crippen LogP contribution < -0.4 is 10.7 Å². The third kappa shape index (κ3) is 3.38. The van der Waals surface area contributed by atoms with Gasteiger partial charge in [0, 0.05) is 20.1 Å². The second-order valence-corrected chi connectivity index (χ2v) is 5.48. The molecule has 3 N–H and O–H groups in total. The van der Waals surface area contributed by atoms with Crippen LogP contribution in [0.4, 0.5) is 5.69 Å². The first kappa shape index (κ1) is 15.6. The van der Waals surface area contributed by atoms with Crippen molar-refractivity contribution in [2.24, 2.45) is 11.0 Å². The molecule has 1 atom stereocenters. The maximum absolute atomic E-state index is 12.1. The number of aromatic amines is 1. The van der Waals surface area contributed by atoms with Crippen molar-refractivity contribution in [1.29, 1.82) is 0 Å². The Morgan fingerprint density at radius 3 is 3.13 bits per heavy atom. The molecule has 1 amide bonds. The maximum Gasteiger partial charge on any atom is 0.249 e. The van der Waals surface area contributed by atoms with Gasteiger partial charge in [0.1, 0.15) is 23.4 Å². The summed E-state index contributed by atoms with van der Waals surface area (Å²) in [7, 11) is 1.63. The summed E-state index contributed by atoms with van der Waals surface area (Å²) in [6.45, 7) is 1.18. The predicted octanol–water partition coefficient (Wildman–Crippen LogP) is 1.41. The van der Waals surface area contributed by atoms with E-state index in [1.165, 1.54) is 6.26 Å². The van der Waals surface area contributed by atoms with E-state index in [1.54, 1.807) is 19.4 Å². The number of aromatic nitrogens is 2. The number of H-pyrrole nitrogens is 1. The lowest BCUT2D eigenvalue weighted by molar-refractivity contribution is -0.122. The van der Waals surface area contributed by atoms with Crippen LogP contribution >= 0.6 is 11.6 Å². The van der Waals surface area contributed by atoms with Crippen molar-refractivity contribution in [2.45, 2.75) is 6.42 Å². The Labute approximate surface area is 137 Å². The predicted molar refractivity (Wildman–Crippen MR) is 84.5 cm³/mol. The Balaban J connectivity index is 1.78. The van der Waals surface area contributed by atoms with Gasteiger partial charge in [-0.1, -0.05) is 11.6 Å². The summed E-state index contributed by atoms with van der Waals surface area (Å²) in [5, 5.41) is 14.7. The number of amides is 1. The average Bonchev–Trinajstić information content (AvgIpc) is 3.23. The molecule has 1 unspecified atom stereocenters. The number of carbonyl (C=O) groups is 1. The molecule has 0 saturated heterocycles. The summed E-state index contributed by atoms with van der Waals surface area (Å²) in [6.07, 6.45) is 3.46. The van der Waals surface area contributed by atoms with Crippen molar-refractivity contribution in [1.82, 2.24) is 15.6 Å². The van der Waals surface area contributed by atoms with Crippen molar-refractivity contribution < 1.29 is 13.9 Å². The third-order valence-corrected chi connectivity index (χ3v) is 3.68. The van der Waals surface area contributed by atoms with E-state index >= 15 is 0 Å². The average molecular weight is 338 g/mol. The molecule has 0 radical (unpaired) electrons. The number of halogens is 1. The van der Waals surface area contributed by atoms with Crippen LogP contribution in [0.1, 0.15) is 11.5 Å². The topological polar surface area (TPSA) is 105 Å². The van der Waals surface area contributed by atoms with E-state index in [1.807, 2.05) is 0 Å². The van der Waals surface area contributed by atoms with Gasteiger partial charge in [0.15, 0.2) is 0 Å². The first-order chi connectivity index (χ1) is 11.2. The van der Waals surface area contributed by atoms with Crippen LogP contribution in [0, 0.1) is 5.92 Å². The molecule has 1 aliphatic rings. The van der Waals surface area contributed by atoms with Crippen LogP contribution in [0.5, 0.6) is 0 Å². The van der Waals surface area contributed by atoms with Crippen molar-refractivity contribution in [3.05, 3.63) is 35.0 Å². The van der Waals surface area contributed by atoms with E-state index in [2.05, 4.69) is 26.0 Å². The number of methoxy groups -OCH3 is 1. The van der Waals surface area contributed by atoms with Gasteiger partial charge in [0.05, 0.1) is 29.4 Å². The van der Waals surface area contributed by atoms with Gasteiger partial charge in [-0.3, -0.25) is 9.89 Å². The summed E-state index contributed by atoms with van der Waals surface area (Å²) in [5.41, 5.74) is 4.52. The quantitative estimate of drug-likeness (QED) is 0.662. The minimum Gasteiger partial charge on any atom is -0.468 e. The number of ether oxygens (including phenoxy) is 1. The highest BCUT2D eigenvalue weighted by Gasteiger charge is 2.34. The molecule has 23 heavy (non-hydrogen) atoms. The molecule has 1 aliphatic heterocycles. The highest BCUT2D eigenvalue weighted by Crippen LogP contribution is 2.24. The molecule has 0 saturated carbocycles. The Morgan fingerprint density at radius 1 is 1.52 bits per heavy atom. The largest absolute Gasteiger partial charge is 0.468 e. The Bertz CT molecular complexity index is 724. The Kier molecular flexibility index (Phi) is 4.63.